The van der Waals surface area contributed by atoms with Crippen molar-refractivity contribution >= 4 is 84.8 Å². The highest BCUT2D eigenvalue weighted by atomic mass is 32.2. The molecule has 0 bridgehead atoms. The average molecular weight is 919 g/mol. The molecule has 0 fully saturated rings. The van der Waals surface area contributed by atoms with Gasteiger partial charge in [0.15, 0.2) is 5.75 Å². The van der Waals surface area contributed by atoms with E-state index in [1.165, 1.54) is 36.4 Å². The molecule has 0 amide bonds. The second-order valence-electron chi connectivity index (χ2n) is 12.5. The third-order valence-corrected chi connectivity index (χ3v) is 11.8. The fourth-order valence-electron chi connectivity index (χ4n) is 5.59. The number of hydrogen-bond donors (Lipinski definition) is 6. The van der Waals surface area contributed by atoms with E-state index >= 15 is 0 Å². The lowest BCUT2D eigenvalue weighted by atomic mass is 10.1. The van der Waals surface area contributed by atoms with Gasteiger partial charge < -0.3 is 24.4 Å². The maximum absolute atomic E-state index is 12.1. The van der Waals surface area contributed by atoms with Crippen LogP contribution >= 0.6 is 0 Å². The second-order valence-corrected chi connectivity index (χ2v) is 18.1. The van der Waals surface area contributed by atoms with Gasteiger partial charge in [0, 0.05) is 10.8 Å². The van der Waals surface area contributed by atoms with Crippen molar-refractivity contribution in [2.24, 2.45) is 20.5 Å². The molecule has 6 N–H and O–H groups in total. The van der Waals surface area contributed by atoms with Crippen LogP contribution in [0.1, 0.15) is 0 Å². The first kappa shape index (κ1) is 44.4. The molecule has 320 valence electrons. The first-order valence-electron chi connectivity index (χ1n) is 17.0. The third kappa shape index (κ3) is 10.8. The maximum atomic E-state index is 12.1. The maximum Gasteiger partial charge on any atom is 0.298 e. The van der Waals surface area contributed by atoms with Crippen LogP contribution in [0.5, 0.6) is 23.0 Å². The van der Waals surface area contributed by atoms with E-state index in [9.17, 15) is 62.1 Å². The van der Waals surface area contributed by atoms with Crippen LogP contribution in [-0.2, 0) is 45.2 Å². The zero-order valence-corrected chi connectivity index (χ0v) is 33.9. The minimum Gasteiger partial charge on any atom is -0.506 e. The molecule has 0 radical (unpaired) electrons. The van der Waals surface area contributed by atoms with E-state index in [0.29, 0.717) is 17.6 Å². The Balaban J connectivity index is 0.999. The molecule has 0 heterocycles. The molecule has 0 atom stereocenters. The minimum absolute atomic E-state index is 0.0663. The van der Waals surface area contributed by atoms with Crippen LogP contribution in [0.25, 0.3) is 21.5 Å². The molecule has 0 saturated heterocycles. The summed E-state index contributed by atoms with van der Waals surface area (Å²) in [6, 6.07) is 19.9. The number of phenols is 2. The van der Waals surface area contributed by atoms with Crippen molar-refractivity contribution in [3.63, 3.8) is 0 Å². The highest BCUT2D eigenvalue weighted by molar-refractivity contribution is 7.87. The number of fused-ring (bicyclic) bond motifs is 2. The minimum atomic E-state index is -5.06. The van der Waals surface area contributed by atoms with Gasteiger partial charge in [-0.25, -0.2) is 0 Å². The van der Waals surface area contributed by atoms with Gasteiger partial charge in [0.2, 0.25) is 0 Å². The summed E-state index contributed by atoms with van der Waals surface area (Å²) < 4.78 is 150. The van der Waals surface area contributed by atoms with Crippen molar-refractivity contribution < 1.29 is 76.3 Å². The van der Waals surface area contributed by atoms with Gasteiger partial charge in [-0.05, 0) is 95.7 Å². The zero-order valence-electron chi connectivity index (χ0n) is 30.7. The molecule has 0 aliphatic heterocycles. The Kier molecular flexibility index (Phi) is 12.7. The molecule has 6 aromatic rings. The summed E-state index contributed by atoms with van der Waals surface area (Å²) in [7, 11) is -19.6. The van der Waals surface area contributed by atoms with Crippen molar-refractivity contribution in [2.75, 3.05) is 26.4 Å². The normalized spacial score (nSPS) is 12.8. The molecule has 0 aromatic heterocycles. The second kappa shape index (κ2) is 17.4. The third-order valence-electron chi connectivity index (χ3n) is 8.38. The summed E-state index contributed by atoms with van der Waals surface area (Å²) in [6.07, 6.45) is 0. The Hall–Kier alpha value is -6.16. The Labute approximate surface area is 346 Å². The highest BCUT2D eigenvalue weighted by Crippen LogP contribution is 2.43. The van der Waals surface area contributed by atoms with Gasteiger partial charge in [0.25, 0.3) is 40.5 Å². The van der Waals surface area contributed by atoms with Gasteiger partial charge in [-0.15, -0.1) is 10.2 Å². The lowest BCUT2D eigenvalue weighted by Gasteiger charge is -2.10. The molecule has 21 nitrogen and oxygen atoms in total. The van der Waals surface area contributed by atoms with Crippen LogP contribution in [0.3, 0.4) is 0 Å². The number of nitrogens with zero attached hydrogens (tertiary/aromatic N) is 4. The van der Waals surface area contributed by atoms with E-state index in [1.807, 2.05) is 0 Å². The molecule has 0 spiro atoms. The van der Waals surface area contributed by atoms with Gasteiger partial charge in [-0.2, -0.15) is 43.9 Å². The quantitative estimate of drug-likeness (QED) is 0.0334. The number of azo groups is 2. The summed E-state index contributed by atoms with van der Waals surface area (Å²) in [5, 5.41) is 36.4. The Bertz CT molecular complexity index is 3120. The highest BCUT2D eigenvalue weighted by Gasteiger charge is 2.25. The van der Waals surface area contributed by atoms with Gasteiger partial charge in [-0.1, -0.05) is 12.1 Å². The average Bonchev–Trinajstić information content (AvgIpc) is 3.18. The Morgan fingerprint density at radius 1 is 0.459 bits per heavy atom. The fourth-order valence-corrected chi connectivity index (χ4v) is 8.08. The van der Waals surface area contributed by atoms with Crippen LogP contribution in [0, 0.1) is 0 Å². The molecule has 6 rings (SSSR count). The number of phenolic OH excluding ortho intramolecular Hbond substituents is 2. The van der Waals surface area contributed by atoms with Crippen molar-refractivity contribution in [2.45, 2.75) is 19.6 Å². The van der Waals surface area contributed by atoms with Crippen LogP contribution in [0.2, 0.25) is 0 Å². The first-order chi connectivity index (χ1) is 28.6. The van der Waals surface area contributed by atoms with Gasteiger partial charge in [-0.3, -0.25) is 18.2 Å². The van der Waals surface area contributed by atoms with Crippen molar-refractivity contribution in [3.8, 4) is 23.0 Å². The smallest absolute Gasteiger partial charge is 0.298 e. The molecule has 0 aliphatic carbocycles. The summed E-state index contributed by atoms with van der Waals surface area (Å²) in [5.41, 5.74) is -0.294. The molecule has 25 heteroatoms. The van der Waals surface area contributed by atoms with Crippen molar-refractivity contribution in [3.05, 3.63) is 97.1 Å². The first-order valence-corrected chi connectivity index (χ1v) is 22.7. The molecule has 6 aromatic carbocycles. The lowest BCUT2D eigenvalue weighted by molar-refractivity contribution is 0.0764. The van der Waals surface area contributed by atoms with E-state index in [1.54, 1.807) is 24.3 Å². The van der Waals surface area contributed by atoms with Gasteiger partial charge in [0.1, 0.15) is 51.6 Å². The summed E-state index contributed by atoms with van der Waals surface area (Å²) in [6.45, 7) is 0.650. The Morgan fingerprint density at radius 3 is 1.48 bits per heavy atom. The molecule has 0 saturated carbocycles. The van der Waals surface area contributed by atoms with E-state index in [0.717, 1.165) is 30.3 Å². The number of ether oxygens (including phenoxy) is 3. The van der Waals surface area contributed by atoms with Crippen LogP contribution in [-0.4, -0.2) is 88.5 Å². The number of aromatic hydroxyl groups is 2. The largest absolute Gasteiger partial charge is 0.506 e. The van der Waals surface area contributed by atoms with Crippen molar-refractivity contribution in [1.29, 1.82) is 0 Å². The lowest BCUT2D eigenvalue weighted by Crippen LogP contribution is -2.12. The summed E-state index contributed by atoms with van der Waals surface area (Å²) in [5.74, 6) is -0.613. The van der Waals surface area contributed by atoms with Crippen molar-refractivity contribution in [1.82, 2.24) is 0 Å². The van der Waals surface area contributed by atoms with Crippen LogP contribution in [0.4, 0.5) is 22.7 Å². The molecular formula is C36H30N4O17S4. The fraction of sp³-hybridized carbons (Fsp3) is 0.111. The Morgan fingerprint density at radius 2 is 0.967 bits per heavy atom. The predicted molar refractivity (Wildman–Crippen MR) is 214 cm³/mol. The molecule has 0 aliphatic rings. The molecular weight excluding hydrogens is 889 g/mol. The van der Waals surface area contributed by atoms with E-state index < -0.39 is 82.9 Å². The number of benzene rings is 6. The van der Waals surface area contributed by atoms with Gasteiger partial charge >= 0.3 is 0 Å². The summed E-state index contributed by atoms with van der Waals surface area (Å²) in [4.78, 5) is -3.24. The van der Waals surface area contributed by atoms with Gasteiger partial charge in [0.05, 0.1) is 34.4 Å². The van der Waals surface area contributed by atoms with Crippen LogP contribution in [0.15, 0.2) is 137 Å². The zero-order chi connectivity index (χ0) is 44.3. The number of rotatable bonds is 16. The standard InChI is InChI=1S/C36H30N4O17S4/c41-30-12-1-21-17-28(59(46,47)48)20-31(60(49,50)51)33(21)35(30)40-38-24-4-8-26(9-5-24)57-16-14-55-13-15-56-25-6-2-23(3-7-25)37-39-34-29-11-10-27(58(43,44)45)18-22(29)19-32(36(34)42)61(52,53)54/h1-12,17-20,41-42H,13-16H2,(H,43,44,45)(H,46,47,48)(H,49,50,51)(H,52,53,54). The SMILES string of the molecule is O=S(=O)(O)c1ccc2c(N=Nc3ccc(OCCOCCOc4ccc(N=Nc5c(O)ccc6cc(S(=O)(=O)O)cc(S(=O)(=O)O)c56)cc4)cc3)c(O)c(S(=O)(=O)O)cc2c1. The number of hydrogen-bond acceptors (Lipinski definition) is 17. The van der Waals surface area contributed by atoms with E-state index in [2.05, 4.69) is 20.5 Å². The summed E-state index contributed by atoms with van der Waals surface area (Å²) >= 11 is 0. The predicted octanol–water partition coefficient (Wildman–Crippen LogP) is 6.70. The van der Waals surface area contributed by atoms with E-state index in [-0.39, 0.29) is 59.3 Å². The molecule has 61 heavy (non-hydrogen) atoms. The van der Waals surface area contributed by atoms with E-state index in [4.69, 9.17) is 14.2 Å². The topological polar surface area (TPSA) is 335 Å². The monoisotopic (exact) mass is 918 g/mol. The van der Waals surface area contributed by atoms with Crippen LogP contribution < -0.4 is 9.47 Å². The molecule has 0 unspecified atom stereocenters.